The number of hydrogen-bond acceptors (Lipinski definition) is 4. The van der Waals surface area contributed by atoms with Crippen LogP contribution in [0.3, 0.4) is 0 Å². The van der Waals surface area contributed by atoms with Crippen molar-refractivity contribution < 1.29 is 9.15 Å². The lowest BCUT2D eigenvalue weighted by atomic mass is 10.1. The molecule has 1 aromatic heterocycles. The second-order valence-electron chi connectivity index (χ2n) is 6.80. The lowest BCUT2D eigenvalue weighted by molar-refractivity contribution is 0.186. The molecule has 1 aromatic carbocycles. The van der Waals surface area contributed by atoms with Crippen LogP contribution in [-0.2, 0) is 11.2 Å². The highest BCUT2D eigenvalue weighted by atomic mass is 32.2. The van der Waals surface area contributed by atoms with Gasteiger partial charge >= 0.3 is 0 Å². The van der Waals surface area contributed by atoms with E-state index >= 15 is 0 Å². The minimum Gasteiger partial charge on any atom is -0.469 e. The van der Waals surface area contributed by atoms with Gasteiger partial charge in [0.1, 0.15) is 5.76 Å². The van der Waals surface area contributed by atoms with E-state index in [0.29, 0.717) is 11.2 Å². The summed E-state index contributed by atoms with van der Waals surface area (Å²) in [6, 6.07) is 14.4. The summed E-state index contributed by atoms with van der Waals surface area (Å²) in [5, 5.41) is 7.32. The first-order chi connectivity index (χ1) is 13.3. The van der Waals surface area contributed by atoms with Gasteiger partial charge in [-0.1, -0.05) is 25.1 Å². The van der Waals surface area contributed by atoms with Crippen molar-refractivity contribution >= 4 is 17.7 Å². The summed E-state index contributed by atoms with van der Waals surface area (Å²) < 4.78 is 10.9. The number of nitrogens with zero attached hydrogens (tertiary/aromatic N) is 1. The van der Waals surface area contributed by atoms with E-state index in [0.717, 1.165) is 57.4 Å². The first-order valence-electron chi connectivity index (χ1n) is 9.63. The van der Waals surface area contributed by atoms with Crippen LogP contribution in [0, 0.1) is 5.92 Å². The van der Waals surface area contributed by atoms with Gasteiger partial charge in [0, 0.05) is 42.2 Å². The average Bonchev–Trinajstić information content (AvgIpc) is 3.38. The molecule has 0 bridgehead atoms. The highest BCUT2D eigenvalue weighted by Crippen LogP contribution is 2.22. The molecule has 1 fully saturated rings. The van der Waals surface area contributed by atoms with Crippen molar-refractivity contribution in [2.45, 2.75) is 29.9 Å². The van der Waals surface area contributed by atoms with Gasteiger partial charge in [0.15, 0.2) is 5.96 Å². The number of ether oxygens (including phenoxy) is 1. The van der Waals surface area contributed by atoms with Crippen molar-refractivity contribution in [3.63, 3.8) is 0 Å². The Balaban J connectivity index is 1.49. The highest BCUT2D eigenvalue weighted by molar-refractivity contribution is 8.00. The van der Waals surface area contributed by atoms with Crippen molar-refractivity contribution in [2.75, 3.05) is 32.8 Å². The van der Waals surface area contributed by atoms with Crippen molar-refractivity contribution in [1.29, 1.82) is 0 Å². The van der Waals surface area contributed by atoms with E-state index in [1.165, 1.54) is 4.90 Å². The van der Waals surface area contributed by atoms with Crippen molar-refractivity contribution in [2.24, 2.45) is 10.9 Å². The molecule has 0 aliphatic carbocycles. The van der Waals surface area contributed by atoms with Gasteiger partial charge in [0.2, 0.25) is 0 Å². The molecule has 27 heavy (non-hydrogen) atoms. The maximum absolute atomic E-state index is 5.47. The first-order valence-corrected chi connectivity index (χ1v) is 10.5. The van der Waals surface area contributed by atoms with Crippen LogP contribution in [-0.4, -0.2) is 44.1 Å². The van der Waals surface area contributed by atoms with Crippen molar-refractivity contribution in [3.8, 4) is 0 Å². The molecule has 3 rings (SSSR count). The van der Waals surface area contributed by atoms with E-state index in [4.69, 9.17) is 14.1 Å². The quantitative estimate of drug-likeness (QED) is 0.391. The molecule has 2 N–H and O–H groups in total. The number of guanidine groups is 1. The second kappa shape index (κ2) is 11.0. The Kier molecular flexibility index (Phi) is 8.11. The molecule has 2 unspecified atom stereocenters. The fourth-order valence-corrected chi connectivity index (χ4v) is 3.84. The molecular weight excluding hydrogens is 358 g/mol. The van der Waals surface area contributed by atoms with E-state index < -0.39 is 0 Å². The van der Waals surface area contributed by atoms with Crippen molar-refractivity contribution in [3.05, 3.63) is 54.5 Å². The number of hydrogen-bond donors (Lipinski definition) is 2. The number of benzene rings is 1. The van der Waals surface area contributed by atoms with Crippen LogP contribution in [0.1, 0.15) is 19.1 Å². The van der Waals surface area contributed by atoms with Gasteiger partial charge in [-0.15, -0.1) is 11.8 Å². The van der Waals surface area contributed by atoms with Gasteiger partial charge in [0.05, 0.1) is 19.4 Å². The van der Waals surface area contributed by atoms with Crippen LogP contribution in [0.5, 0.6) is 0 Å². The van der Waals surface area contributed by atoms with E-state index in [9.17, 15) is 0 Å². The fourth-order valence-electron chi connectivity index (χ4n) is 2.91. The van der Waals surface area contributed by atoms with Gasteiger partial charge in [-0.25, -0.2) is 0 Å². The van der Waals surface area contributed by atoms with E-state index in [1.807, 2.05) is 30.0 Å². The largest absolute Gasteiger partial charge is 0.469 e. The maximum Gasteiger partial charge on any atom is 0.191 e. The number of nitrogens with one attached hydrogen (secondary N) is 2. The molecule has 1 saturated heterocycles. The zero-order chi connectivity index (χ0) is 18.7. The topological polar surface area (TPSA) is 58.8 Å². The smallest absolute Gasteiger partial charge is 0.191 e. The minimum absolute atomic E-state index is 0.408. The number of furan rings is 1. The zero-order valence-corrected chi connectivity index (χ0v) is 16.7. The first kappa shape index (κ1) is 19.8. The second-order valence-corrected chi connectivity index (χ2v) is 8.31. The Morgan fingerprint density at radius 3 is 2.85 bits per heavy atom. The van der Waals surface area contributed by atoms with Gasteiger partial charge in [-0.2, -0.15) is 0 Å². The Labute approximate surface area is 166 Å². The van der Waals surface area contributed by atoms with Crippen LogP contribution in [0.2, 0.25) is 0 Å². The number of thioether (sulfide) groups is 1. The molecule has 0 saturated carbocycles. The molecule has 6 heteroatoms. The zero-order valence-electron chi connectivity index (χ0n) is 15.9. The Bertz CT molecular complexity index is 670. The SMILES string of the molecule is CC(CN=C(NCCc1ccco1)NCC1CCOC1)Sc1ccccc1. The Morgan fingerprint density at radius 1 is 1.22 bits per heavy atom. The molecule has 2 aromatic rings. The van der Waals surface area contributed by atoms with Crippen LogP contribution >= 0.6 is 11.8 Å². The fraction of sp³-hybridized carbons (Fsp3) is 0.476. The summed E-state index contributed by atoms with van der Waals surface area (Å²) in [5.41, 5.74) is 0. The van der Waals surface area contributed by atoms with Gasteiger partial charge in [0.25, 0.3) is 0 Å². The number of aliphatic imine (C=N–C) groups is 1. The molecule has 2 atom stereocenters. The lowest BCUT2D eigenvalue weighted by Crippen LogP contribution is -2.41. The molecule has 5 nitrogen and oxygen atoms in total. The Hall–Kier alpha value is -1.92. The van der Waals surface area contributed by atoms with E-state index in [-0.39, 0.29) is 0 Å². The van der Waals surface area contributed by atoms with Gasteiger partial charge in [-0.3, -0.25) is 4.99 Å². The lowest BCUT2D eigenvalue weighted by Gasteiger charge is -2.16. The van der Waals surface area contributed by atoms with Crippen LogP contribution < -0.4 is 10.6 Å². The molecular formula is C21H29N3O2S. The molecule has 0 radical (unpaired) electrons. The molecule has 0 amide bonds. The van der Waals surface area contributed by atoms with Crippen LogP contribution in [0.4, 0.5) is 0 Å². The summed E-state index contributed by atoms with van der Waals surface area (Å²) in [6.07, 6.45) is 3.67. The standard InChI is InChI=1S/C21H29N3O2S/c1-17(27-20-7-3-2-4-8-20)14-23-21(24-15-18-10-13-25-16-18)22-11-9-19-6-5-12-26-19/h2-8,12,17-18H,9-11,13-16H2,1H3,(H2,22,23,24). The highest BCUT2D eigenvalue weighted by Gasteiger charge is 2.16. The summed E-state index contributed by atoms with van der Waals surface area (Å²) in [7, 11) is 0. The molecule has 0 spiro atoms. The summed E-state index contributed by atoms with van der Waals surface area (Å²) in [4.78, 5) is 6.08. The van der Waals surface area contributed by atoms with Crippen LogP contribution in [0.15, 0.2) is 63.0 Å². The third-order valence-corrected chi connectivity index (χ3v) is 5.51. The molecule has 146 valence electrons. The monoisotopic (exact) mass is 387 g/mol. The predicted molar refractivity (Wildman–Crippen MR) is 111 cm³/mol. The predicted octanol–water partition coefficient (Wildman–Crippen LogP) is 3.57. The van der Waals surface area contributed by atoms with Gasteiger partial charge in [-0.05, 0) is 30.7 Å². The average molecular weight is 388 g/mol. The third kappa shape index (κ3) is 7.31. The molecule has 1 aliphatic heterocycles. The summed E-state index contributed by atoms with van der Waals surface area (Å²) >= 11 is 1.85. The third-order valence-electron chi connectivity index (χ3n) is 4.41. The van der Waals surface area contributed by atoms with E-state index in [1.54, 1.807) is 6.26 Å². The van der Waals surface area contributed by atoms with Crippen LogP contribution in [0.25, 0.3) is 0 Å². The summed E-state index contributed by atoms with van der Waals surface area (Å²) in [5.74, 6) is 2.42. The minimum atomic E-state index is 0.408. The van der Waals surface area contributed by atoms with Gasteiger partial charge < -0.3 is 19.8 Å². The molecule has 2 heterocycles. The van der Waals surface area contributed by atoms with Crippen molar-refractivity contribution in [1.82, 2.24) is 10.6 Å². The normalized spacial score (nSPS) is 18.4. The summed E-state index contributed by atoms with van der Waals surface area (Å²) in [6.45, 7) is 6.37. The molecule has 1 aliphatic rings. The van der Waals surface area contributed by atoms with E-state index in [2.05, 4.69) is 41.8 Å². The maximum atomic E-state index is 5.47. The Morgan fingerprint density at radius 2 is 2.11 bits per heavy atom. The number of rotatable bonds is 9.